The molecule has 2 radical (unpaired) electrons. The Hall–Kier alpha value is -0.820. The van der Waals surface area contributed by atoms with Gasteiger partial charge in [-0.1, -0.05) is 50.5 Å². The highest BCUT2D eigenvalue weighted by Gasteiger charge is 1.92. The van der Waals surface area contributed by atoms with Crippen LogP contribution in [0.5, 0.6) is 0 Å². The first-order chi connectivity index (χ1) is 6.93. The van der Waals surface area contributed by atoms with Crippen LogP contribution in [-0.2, 0) is 11.3 Å². The van der Waals surface area contributed by atoms with Crippen LogP contribution in [0.2, 0.25) is 0 Å². The van der Waals surface area contributed by atoms with Gasteiger partial charge in [-0.15, -0.1) is 0 Å². The van der Waals surface area contributed by atoms with E-state index in [0.29, 0.717) is 6.61 Å². The Morgan fingerprint density at radius 3 is 2.86 bits per heavy atom. The molecule has 0 spiro atoms. The molecule has 0 fully saturated rings. The highest BCUT2D eigenvalue weighted by molar-refractivity contribution is 5.11. The maximum absolute atomic E-state index is 5.51. The molecule has 0 saturated carbocycles. The molecule has 0 amide bonds. The Morgan fingerprint density at radius 2 is 2.14 bits per heavy atom. The molecule has 0 N–H and O–H groups in total. The predicted molar refractivity (Wildman–Crippen MR) is 58.8 cm³/mol. The van der Waals surface area contributed by atoms with Gasteiger partial charge in [-0.25, -0.2) is 0 Å². The van der Waals surface area contributed by atoms with Gasteiger partial charge < -0.3 is 4.74 Å². The van der Waals surface area contributed by atoms with Crippen LogP contribution in [0.3, 0.4) is 0 Å². The topological polar surface area (TPSA) is 9.23 Å². The van der Waals surface area contributed by atoms with Gasteiger partial charge >= 0.3 is 0 Å². The molecule has 0 atom stereocenters. The fourth-order valence-electron chi connectivity index (χ4n) is 1.26. The van der Waals surface area contributed by atoms with E-state index in [4.69, 9.17) is 4.74 Å². The first kappa shape index (κ1) is 11.3. The van der Waals surface area contributed by atoms with E-state index in [1.807, 2.05) is 24.3 Å². The smallest absolute Gasteiger partial charge is 0.0722 e. The zero-order chi connectivity index (χ0) is 10.1. The van der Waals surface area contributed by atoms with Crippen molar-refractivity contribution in [3.05, 3.63) is 42.8 Å². The van der Waals surface area contributed by atoms with E-state index in [1.165, 1.54) is 12.8 Å². The second-order valence-electron chi connectivity index (χ2n) is 3.35. The molecular formula is C13H18O. The van der Waals surface area contributed by atoms with Crippen molar-refractivity contribution in [3.8, 4) is 0 Å². The molecule has 1 aromatic rings. The summed E-state index contributed by atoms with van der Waals surface area (Å²) in [4.78, 5) is 0. The Balaban J connectivity index is 1.99. The molecule has 0 aliphatic carbocycles. The zero-order valence-electron chi connectivity index (χ0n) is 8.67. The molecule has 0 aliphatic heterocycles. The Bertz CT molecular complexity index is 218. The average molecular weight is 190 g/mol. The number of ether oxygens (including phenoxy) is 1. The van der Waals surface area contributed by atoms with Crippen LogP contribution in [0, 0.1) is 13.0 Å². The van der Waals surface area contributed by atoms with Crippen molar-refractivity contribution in [2.45, 2.75) is 32.3 Å². The third-order valence-corrected chi connectivity index (χ3v) is 2.07. The molecule has 1 heteroatoms. The number of unbranched alkanes of at least 4 members (excludes halogenated alkanes) is 3. The number of hydrogen-bond acceptors (Lipinski definition) is 1. The van der Waals surface area contributed by atoms with Crippen molar-refractivity contribution in [2.75, 3.05) is 6.61 Å². The normalized spacial score (nSPS) is 10.4. The van der Waals surface area contributed by atoms with Gasteiger partial charge in [0.2, 0.25) is 0 Å². The molecule has 0 bridgehead atoms. The molecule has 0 aromatic heterocycles. The van der Waals surface area contributed by atoms with Crippen LogP contribution in [0.4, 0.5) is 0 Å². The fourth-order valence-corrected chi connectivity index (χ4v) is 1.26. The highest BCUT2D eigenvalue weighted by atomic mass is 16.5. The average Bonchev–Trinajstić information content (AvgIpc) is 2.25. The minimum atomic E-state index is 0.686. The lowest BCUT2D eigenvalue weighted by Crippen LogP contribution is -1.95. The lowest BCUT2D eigenvalue weighted by molar-refractivity contribution is 0.117. The number of hydrogen-bond donors (Lipinski definition) is 0. The second-order valence-corrected chi connectivity index (χ2v) is 3.35. The lowest BCUT2D eigenvalue weighted by Gasteiger charge is -2.03. The molecule has 76 valence electrons. The molecule has 1 nitrogen and oxygen atoms in total. The van der Waals surface area contributed by atoms with Crippen LogP contribution >= 0.6 is 0 Å². The van der Waals surface area contributed by atoms with Gasteiger partial charge in [0.05, 0.1) is 6.61 Å². The van der Waals surface area contributed by atoms with Crippen LogP contribution in [-0.4, -0.2) is 6.61 Å². The summed E-state index contributed by atoms with van der Waals surface area (Å²) in [5.41, 5.74) is 1.13. The fraction of sp³-hybridized carbons (Fsp3) is 0.462. The molecule has 1 rings (SSSR count). The van der Waals surface area contributed by atoms with Crippen molar-refractivity contribution in [2.24, 2.45) is 0 Å². The predicted octanol–water partition coefficient (Wildman–Crippen LogP) is 3.40. The summed E-state index contributed by atoms with van der Waals surface area (Å²) in [7, 11) is 0. The van der Waals surface area contributed by atoms with E-state index in [1.54, 1.807) is 0 Å². The van der Waals surface area contributed by atoms with Crippen LogP contribution < -0.4 is 0 Å². The lowest BCUT2D eigenvalue weighted by atomic mass is 10.2. The summed E-state index contributed by atoms with van der Waals surface area (Å²) in [6, 6.07) is 11.1. The maximum Gasteiger partial charge on any atom is 0.0722 e. The van der Waals surface area contributed by atoms with E-state index < -0.39 is 0 Å². The van der Waals surface area contributed by atoms with Crippen molar-refractivity contribution < 1.29 is 4.74 Å². The minimum absolute atomic E-state index is 0.686. The van der Waals surface area contributed by atoms with E-state index >= 15 is 0 Å². The van der Waals surface area contributed by atoms with E-state index in [-0.39, 0.29) is 0 Å². The van der Waals surface area contributed by atoms with Crippen LogP contribution in [0.1, 0.15) is 31.2 Å². The first-order valence-electron chi connectivity index (χ1n) is 5.26. The number of rotatable bonds is 7. The van der Waals surface area contributed by atoms with Gasteiger partial charge in [-0.3, -0.25) is 0 Å². The Morgan fingerprint density at radius 1 is 1.21 bits per heavy atom. The molecule has 1 aromatic carbocycles. The molecule has 0 unspecified atom stereocenters. The minimum Gasteiger partial charge on any atom is -0.377 e. The highest BCUT2D eigenvalue weighted by Crippen LogP contribution is 2.02. The van der Waals surface area contributed by atoms with Gasteiger partial charge in [0, 0.05) is 6.61 Å². The largest absolute Gasteiger partial charge is 0.377 e. The van der Waals surface area contributed by atoms with Crippen molar-refractivity contribution in [1.29, 1.82) is 0 Å². The third-order valence-electron chi connectivity index (χ3n) is 2.07. The Labute approximate surface area is 87.1 Å². The summed E-state index contributed by atoms with van der Waals surface area (Å²) < 4.78 is 5.51. The van der Waals surface area contributed by atoms with E-state index in [2.05, 4.69) is 13.0 Å². The zero-order valence-corrected chi connectivity index (χ0v) is 8.67. The van der Waals surface area contributed by atoms with Crippen molar-refractivity contribution >= 4 is 0 Å². The maximum atomic E-state index is 5.51. The summed E-state index contributed by atoms with van der Waals surface area (Å²) in [6.45, 7) is 5.34. The SMILES string of the molecule is [CH2]CCCCCOCc1[c]cccc1. The number of benzene rings is 1. The summed E-state index contributed by atoms with van der Waals surface area (Å²) >= 11 is 0. The first-order valence-corrected chi connectivity index (χ1v) is 5.26. The molecule has 14 heavy (non-hydrogen) atoms. The molecule has 0 aliphatic rings. The summed E-state index contributed by atoms with van der Waals surface area (Å²) in [6.07, 6.45) is 4.61. The van der Waals surface area contributed by atoms with Gasteiger partial charge in [0.25, 0.3) is 0 Å². The monoisotopic (exact) mass is 190 g/mol. The molecular weight excluding hydrogens is 172 g/mol. The van der Waals surface area contributed by atoms with E-state index in [0.717, 1.165) is 25.0 Å². The third kappa shape index (κ3) is 5.03. The molecule has 0 heterocycles. The van der Waals surface area contributed by atoms with Crippen molar-refractivity contribution in [3.63, 3.8) is 0 Å². The van der Waals surface area contributed by atoms with Crippen molar-refractivity contribution in [1.82, 2.24) is 0 Å². The van der Waals surface area contributed by atoms with Gasteiger partial charge in [-0.2, -0.15) is 0 Å². The quantitative estimate of drug-likeness (QED) is 0.599. The standard InChI is InChI=1S/C13H18O/c1-2-3-4-8-11-14-12-13-9-6-5-7-10-13/h5-7,9H,1-4,8,11-12H2. The van der Waals surface area contributed by atoms with Crippen LogP contribution in [0.25, 0.3) is 0 Å². The summed E-state index contributed by atoms with van der Waals surface area (Å²) in [5.74, 6) is 0. The molecule has 0 saturated heterocycles. The Kier molecular flexibility index (Phi) is 6.09. The van der Waals surface area contributed by atoms with Gasteiger partial charge in [0.1, 0.15) is 0 Å². The van der Waals surface area contributed by atoms with E-state index in [9.17, 15) is 0 Å². The summed E-state index contributed by atoms with van der Waals surface area (Å²) in [5, 5.41) is 0. The van der Waals surface area contributed by atoms with Crippen LogP contribution in [0.15, 0.2) is 24.3 Å². The van der Waals surface area contributed by atoms with Gasteiger partial charge in [-0.05, 0) is 18.1 Å². The van der Waals surface area contributed by atoms with Gasteiger partial charge in [0.15, 0.2) is 0 Å². The second kappa shape index (κ2) is 7.57.